The van der Waals surface area contributed by atoms with Crippen LogP contribution in [0.15, 0.2) is 0 Å². The minimum Gasteiger partial charge on any atom is -0.383 e. The second-order valence-electron chi connectivity index (χ2n) is 4.31. The summed E-state index contributed by atoms with van der Waals surface area (Å²) >= 11 is 0. The van der Waals surface area contributed by atoms with E-state index in [9.17, 15) is 0 Å². The van der Waals surface area contributed by atoms with Crippen molar-refractivity contribution in [3.63, 3.8) is 0 Å². The van der Waals surface area contributed by atoms with E-state index in [0.29, 0.717) is 5.82 Å². The lowest BCUT2D eigenvalue weighted by Crippen LogP contribution is -2.27. The van der Waals surface area contributed by atoms with Gasteiger partial charge in [0.05, 0.1) is 0 Å². The minimum atomic E-state index is 0.615. The molecule has 0 amide bonds. The Balaban J connectivity index is 3.11. The Morgan fingerprint density at radius 3 is 2.12 bits per heavy atom. The van der Waals surface area contributed by atoms with Gasteiger partial charge in [0.1, 0.15) is 17.5 Å². The summed E-state index contributed by atoms with van der Waals surface area (Å²) in [4.78, 5) is 11.2. The standard InChI is InChI=1S/C13H24N4/c1-5-8-17(9-6-2)13-10(4)12(14)15-11(7-3)16-13/h5-9H2,1-4H3,(H2,14,15,16). The summed E-state index contributed by atoms with van der Waals surface area (Å²) in [5.74, 6) is 2.46. The van der Waals surface area contributed by atoms with Gasteiger partial charge in [-0.2, -0.15) is 0 Å². The molecule has 0 atom stereocenters. The molecule has 1 heterocycles. The molecule has 0 aromatic carbocycles. The van der Waals surface area contributed by atoms with Gasteiger partial charge in [0.25, 0.3) is 0 Å². The van der Waals surface area contributed by atoms with Crippen LogP contribution in [-0.4, -0.2) is 23.1 Å². The number of rotatable bonds is 6. The smallest absolute Gasteiger partial charge is 0.137 e. The molecule has 0 unspecified atom stereocenters. The van der Waals surface area contributed by atoms with Crippen LogP contribution in [0.25, 0.3) is 0 Å². The molecule has 4 heteroatoms. The molecule has 0 aliphatic rings. The molecule has 1 rings (SSSR count). The molecule has 0 aliphatic heterocycles. The van der Waals surface area contributed by atoms with E-state index in [0.717, 1.165) is 49.6 Å². The van der Waals surface area contributed by atoms with Crippen molar-refractivity contribution in [3.05, 3.63) is 11.4 Å². The maximum atomic E-state index is 5.95. The SMILES string of the molecule is CCCN(CCC)c1nc(CC)nc(N)c1C. The Bertz CT molecular complexity index is 357. The molecule has 17 heavy (non-hydrogen) atoms. The average Bonchev–Trinajstić information content (AvgIpc) is 2.32. The Labute approximate surface area is 104 Å². The highest BCUT2D eigenvalue weighted by Crippen LogP contribution is 2.22. The Kier molecular flexibility index (Phi) is 5.19. The molecule has 2 N–H and O–H groups in total. The summed E-state index contributed by atoms with van der Waals surface area (Å²) in [5, 5.41) is 0. The van der Waals surface area contributed by atoms with E-state index in [-0.39, 0.29) is 0 Å². The number of anilines is 2. The van der Waals surface area contributed by atoms with Gasteiger partial charge < -0.3 is 10.6 Å². The van der Waals surface area contributed by atoms with Gasteiger partial charge in [0.2, 0.25) is 0 Å². The second kappa shape index (κ2) is 6.42. The maximum absolute atomic E-state index is 5.95. The summed E-state index contributed by atoms with van der Waals surface area (Å²) in [7, 11) is 0. The van der Waals surface area contributed by atoms with Crippen LogP contribution in [0, 0.1) is 6.92 Å². The Morgan fingerprint density at radius 2 is 1.65 bits per heavy atom. The monoisotopic (exact) mass is 236 g/mol. The quantitative estimate of drug-likeness (QED) is 0.824. The molecule has 0 fully saturated rings. The first-order chi connectivity index (χ1) is 8.13. The predicted molar refractivity (Wildman–Crippen MR) is 73.4 cm³/mol. The van der Waals surface area contributed by atoms with Crippen LogP contribution < -0.4 is 10.6 Å². The first-order valence-corrected chi connectivity index (χ1v) is 6.51. The zero-order valence-corrected chi connectivity index (χ0v) is 11.5. The minimum absolute atomic E-state index is 0.615. The van der Waals surface area contributed by atoms with Crippen LogP contribution in [0.5, 0.6) is 0 Å². The summed E-state index contributed by atoms with van der Waals surface area (Å²) < 4.78 is 0. The van der Waals surface area contributed by atoms with Crippen molar-refractivity contribution in [3.8, 4) is 0 Å². The molecule has 0 saturated carbocycles. The van der Waals surface area contributed by atoms with Crippen molar-refractivity contribution >= 4 is 11.6 Å². The van der Waals surface area contributed by atoms with Crippen molar-refractivity contribution in [1.29, 1.82) is 0 Å². The molecule has 1 aromatic heterocycles. The summed E-state index contributed by atoms with van der Waals surface area (Å²) in [5.41, 5.74) is 6.95. The van der Waals surface area contributed by atoms with Crippen LogP contribution in [0.1, 0.15) is 45.0 Å². The second-order valence-corrected chi connectivity index (χ2v) is 4.31. The van der Waals surface area contributed by atoms with Crippen LogP contribution >= 0.6 is 0 Å². The third kappa shape index (κ3) is 3.32. The lowest BCUT2D eigenvalue weighted by atomic mass is 10.2. The van der Waals surface area contributed by atoms with Gasteiger partial charge in [-0.15, -0.1) is 0 Å². The zero-order valence-electron chi connectivity index (χ0n) is 11.5. The number of nitrogen functional groups attached to an aromatic ring is 1. The van der Waals surface area contributed by atoms with Gasteiger partial charge in [-0.05, 0) is 19.8 Å². The molecule has 0 bridgehead atoms. The third-order valence-corrected chi connectivity index (χ3v) is 2.81. The van der Waals surface area contributed by atoms with Crippen LogP contribution in [-0.2, 0) is 6.42 Å². The topological polar surface area (TPSA) is 55.0 Å². The van der Waals surface area contributed by atoms with E-state index in [1.165, 1.54) is 0 Å². The Hall–Kier alpha value is -1.32. The van der Waals surface area contributed by atoms with Crippen molar-refractivity contribution < 1.29 is 0 Å². The molecular weight excluding hydrogens is 212 g/mol. The van der Waals surface area contributed by atoms with E-state index >= 15 is 0 Å². The fourth-order valence-electron chi connectivity index (χ4n) is 1.90. The summed E-state index contributed by atoms with van der Waals surface area (Å²) in [6, 6.07) is 0. The highest BCUT2D eigenvalue weighted by molar-refractivity contribution is 5.56. The van der Waals surface area contributed by atoms with Gasteiger partial charge in [-0.25, -0.2) is 9.97 Å². The van der Waals surface area contributed by atoms with E-state index in [1.54, 1.807) is 0 Å². The van der Waals surface area contributed by atoms with Crippen molar-refractivity contribution in [1.82, 2.24) is 9.97 Å². The van der Waals surface area contributed by atoms with Crippen LogP contribution in [0.4, 0.5) is 11.6 Å². The molecule has 1 aromatic rings. The van der Waals surface area contributed by atoms with Gasteiger partial charge in [0.15, 0.2) is 0 Å². The van der Waals surface area contributed by atoms with Gasteiger partial charge in [-0.3, -0.25) is 0 Å². The van der Waals surface area contributed by atoms with Crippen molar-refractivity contribution in [2.75, 3.05) is 23.7 Å². The molecule has 0 saturated heterocycles. The fraction of sp³-hybridized carbons (Fsp3) is 0.692. The van der Waals surface area contributed by atoms with Crippen LogP contribution in [0.2, 0.25) is 0 Å². The molecule has 0 radical (unpaired) electrons. The molecular formula is C13H24N4. The highest BCUT2D eigenvalue weighted by atomic mass is 15.2. The summed E-state index contributed by atoms with van der Waals surface area (Å²) in [6.07, 6.45) is 3.05. The number of hydrogen-bond acceptors (Lipinski definition) is 4. The normalized spacial score (nSPS) is 10.6. The van der Waals surface area contributed by atoms with Crippen LogP contribution in [0.3, 0.4) is 0 Å². The van der Waals surface area contributed by atoms with Gasteiger partial charge >= 0.3 is 0 Å². The van der Waals surface area contributed by atoms with E-state index in [2.05, 4.69) is 35.6 Å². The molecule has 96 valence electrons. The number of aromatic nitrogens is 2. The maximum Gasteiger partial charge on any atom is 0.137 e. The number of nitrogens with two attached hydrogens (primary N) is 1. The van der Waals surface area contributed by atoms with E-state index in [1.807, 2.05) is 6.92 Å². The number of nitrogens with zero attached hydrogens (tertiary/aromatic N) is 3. The third-order valence-electron chi connectivity index (χ3n) is 2.81. The first-order valence-electron chi connectivity index (χ1n) is 6.51. The van der Waals surface area contributed by atoms with Gasteiger partial charge in [-0.1, -0.05) is 20.8 Å². The zero-order chi connectivity index (χ0) is 12.8. The largest absolute Gasteiger partial charge is 0.383 e. The number of hydrogen-bond donors (Lipinski definition) is 1. The fourth-order valence-corrected chi connectivity index (χ4v) is 1.90. The van der Waals surface area contributed by atoms with Crippen molar-refractivity contribution in [2.24, 2.45) is 0 Å². The highest BCUT2D eigenvalue weighted by Gasteiger charge is 2.13. The lowest BCUT2D eigenvalue weighted by Gasteiger charge is -2.25. The summed E-state index contributed by atoms with van der Waals surface area (Å²) in [6.45, 7) is 10.5. The molecule has 0 spiro atoms. The lowest BCUT2D eigenvalue weighted by molar-refractivity contribution is 0.724. The molecule has 4 nitrogen and oxygen atoms in total. The van der Waals surface area contributed by atoms with Crippen molar-refractivity contribution in [2.45, 2.75) is 47.0 Å². The first kappa shape index (κ1) is 13.7. The number of aryl methyl sites for hydroxylation is 1. The molecule has 0 aliphatic carbocycles. The Morgan fingerprint density at radius 1 is 1.06 bits per heavy atom. The average molecular weight is 236 g/mol. The predicted octanol–water partition coefficient (Wildman–Crippen LogP) is 2.56. The van der Waals surface area contributed by atoms with Gasteiger partial charge in [0, 0.05) is 25.1 Å². The van der Waals surface area contributed by atoms with E-state index < -0.39 is 0 Å². The van der Waals surface area contributed by atoms with E-state index in [4.69, 9.17) is 5.73 Å².